The second-order valence-electron chi connectivity index (χ2n) is 6.89. The Labute approximate surface area is 123 Å². The van der Waals surface area contributed by atoms with Gasteiger partial charge in [0.15, 0.2) is 0 Å². The van der Waals surface area contributed by atoms with Crippen molar-refractivity contribution in [1.82, 2.24) is 4.90 Å². The number of nitrogens with zero attached hydrogens (tertiary/aromatic N) is 1. The SMILES string of the molecule is Cc1occc1CN(C)C1(CN)CCCC(C(C)C)C1. The molecule has 1 aromatic heterocycles. The zero-order valence-electron chi connectivity index (χ0n) is 13.5. The molecule has 2 atom stereocenters. The topological polar surface area (TPSA) is 42.4 Å². The predicted octanol–water partition coefficient (Wildman–Crippen LogP) is 3.56. The van der Waals surface area contributed by atoms with Gasteiger partial charge in [-0.25, -0.2) is 0 Å². The van der Waals surface area contributed by atoms with Crippen LogP contribution < -0.4 is 5.73 Å². The Hall–Kier alpha value is -0.800. The number of likely N-dealkylation sites (N-methyl/N-ethyl adjacent to an activating group) is 1. The Morgan fingerprint density at radius 1 is 1.50 bits per heavy atom. The van der Waals surface area contributed by atoms with E-state index in [1.807, 2.05) is 6.92 Å². The lowest BCUT2D eigenvalue weighted by Gasteiger charge is -2.47. The Balaban J connectivity index is 2.11. The van der Waals surface area contributed by atoms with Gasteiger partial charge in [-0.2, -0.15) is 0 Å². The van der Waals surface area contributed by atoms with E-state index in [0.29, 0.717) is 0 Å². The first kappa shape index (κ1) is 15.6. The molecule has 0 aromatic carbocycles. The number of aryl methyl sites for hydroxylation is 1. The summed E-state index contributed by atoms with van der Waals surface area (Å²) in [6, 6.07) is 2.08. The first-order chi connectivity index (χ1) is 9.48. The van der Waals surface area contributed by atoms with Crippen molar-refractivity contribution in [2.45, 2.75) is 58.5 Å². The third-order valence-electron chi connectivity index (χ3n) is 5.37. The molecular formula is C17H30N2O. The van der Waals surface area contributed by atoms with E-state index in [1.54, 1.807) is 6.26 Å². The maximum Gasteiger partial charge on any atom is 0.105 e. The van der Waals surface area contributed by atoms with Crippen LogP contribution in [-0.2, 0) is 6.54 Å². The molecule has 1 aromatic rings. The predicted molar refractivity (Wildman–Crippen MR) is 83.5 cm³/mol. The third-order valence-corrected chi connectivity index (χ3v) is 5.37. The molecular weight excluding hydrogens is 248 g/mol. The highest BCUT2D eigenvalue weighted by Gasteiger charge is 2.39. The third kappa shape index (κ3) is 3.09. The average Bonchev–Trinajstić information content (AvgIpc) is 2.84. The summed E-state index contributed by atoms with van der Waals surface area (Å²) in [4.78, 5) is 2.47. The molecule has 0 radical (unpaired) electrons. The van der Waals surface area contributed by atoms with Crippen LogP contribution in [0.25, 0.3) is 0 Å². The summed E-state index contributed by atoms with van der Waals surface area (Å²) in [6.07, 6.45) is 6.90. The molecule has 1 aliphatic carbocycles. The number of nitrogens with two attached hydrogens (primary N) is 1. The fourth-order valence-corrected chi connectivity index (χ4v) is 3.64. The maximum atomic E-state index is 6.20. The summed E-state index contributed by atoms with van der Waals surface area (Å²) in [5.41, 5.74) is 7.65. The van der Waals surface area contributed by atoms with Gasteiger partial charge in [0, 0.05) is 24.2 Å². The van der Waals surface area contributed by atoms with Crippen LogP contribution in [0.1, 0.15) is 50.9 Å². The van der Waals surface area contributed by atoms with Gasteiger partial charge in [0.2, 0.25) is 0 Å². The van der Waals surface area contributed by atoms with Crippen LogP contribution in [0.4, 0.5) is 0 Å². The van der Waals surface area contributed by atoms with E-state index in [-0.39, 0.29) is 5.54 Å². The van der Waals surface area contributed by atoms with Gasteiger partial charge < -0.3 is 10.2 Å². The minimum atomic E-state index is 0.164. The van der Waals surface area contributed by atoms with Crippen LogP contribution in [0.15, 0.2) is 16.7 Å². The van der Waals surface area contributed by atoms with E-state index < -0.39 is 0 Å². The van der Waals surface area contributed by atoms with Crippen molar-refractivity contribution in [2.24, 2.45) is 17.6 Å². The second kappa shape index (κ2) is 6.31. The number of rotatable bonds is 5. The molecule has 0 bridgehead atoms. The lowest BCUT2D eigenvalue weighted by Crippen LogP contribution is -2.54. The molecule has 20 heavy (non-hydrogen) atoms. The first-order valence-corrected chi connectivity index (χ1v) is 7.93. The minimum absolute atomic E-state index is 0.164. The van der Waals surface area contributed by atoms with Crippen LogP contribution in [0, 0.1) is 18.8 Å². The van der Waals surface area contributed by atoms with Crippen molar-refractivity contribution in [1.29, 1.82) is 0 Å². The summed E-state index contributed by atoms with van der Waals surface area (Å²) in [7, 11) is 2.22. The van der Waals surface area contributed by atoms with Gasteiger partial charge in [0.25, 0.3) is 0 Å². The Morgan fingerprint density at radius 3 is 2.80 bits per heavy atom. The lowest BCUT2D eigenvalue weighted by molar-refractivity contribution is 0.0393. The number of hydrogen-bond donors (Lipinski definition) is 1. The van der Waals surface area contributed by atoms with Crippen LogP contribution in [0.2, 0.25) is 0 Å². The Kier molecular flexibility index (Phi) is 4.92. The van der Waals surface area contributed by atoms with Gasteiger partial charge in [0.05, 0.1) is 6.26 Å². The smallest absolute Gasteiger partial charge is 0.105 e. The largest absolute Gasteiger partial charge is 0.469 e. The van der Waals surface area contributed by atoms with Gasteiger partial charge in [-0.3, -0.25) is 4.90 Å². The van der Waals surface area contributed by atoms with Crippen molar-refractivity contribution in [3.63, 3.8) is 0 Å². The van der Waals surface area contributed by atoms with E-state index in [1.165, 1.54) is 31.2 Å². The van der Waals surface area contributed by atoms with Crippen molar-refractivity contribution < 1.29 is 4.42 Å². The maximum absolute atomic E-state index is 6.20. The van der Waals surface area contributed by atoms with Crippen LogP contribution >= 0.6 is 0 Å². The molecule has 1 fully saturated rings. The molecule has 114 valence electrons. The van der Waals surface area contributed by atoms with Gasteiger partial charge in [-0.05, 0) is 44.7 Å². The summed E-state index contributed by atoms with van der Waals surface area (Å²) in [5, 5.41) is 0. The molecule has 3 nitrogen and oxygen atoms in total. The van der Waals surface area contributed by atoms with Gasteiger partial charge in [-0.1, -0.05) is 26.7 Å². The minimum Gasteiger partial charge on any atom is -0.469 e. The Bertz CT molecular complexity index is 426. The zero-order valence-corrected chi connectivity index (χ0v) is 13.5. The quantitative estimate of drug-likeness (QED) is 0.895. The Morgan fingerprint density at radius 2 is 2.25 bits per heavy atom. The second-order valence-corrected chi connectivity index (χ2v) is 6.89. The molecule has 2 rings (SSSR count). The summed E-state index contributed by atoms with van der Waals surface area (Å²) in [6.45, 7) is 8.42. The summed E-state index contributed by atoms with van der Waals surface area (Å²) < 4.78 is 5.42. The van der Waals surface area contributed by atoms with E-state index in [0.717, 1.165) is 30.7 Å². The zero-order chi connectivity index (χ0) is 14.8. The molecule has 0 amide bonds. The fourth-order valence-electron chi connectivity index (χ4n) is 3.64. The first-order valence-electron chi connectivity index (χ1n) is 7.93. The highest BCUT2D eigenvalue weighted by molar-refractivity contribution is 5.16. The van der Waals surface area contributed by atoms with Gasteiger partial charge >= 0.3 is 0 Å². The molecule has 0 saturated heterocycles. The molecule has 1 heterocycles. The molecule has 2 N–H and O–H groups in total. The van der Waals surface area contributed by atoms with Crippen molar-refractivity contribution in [2.75, 3.05) is 13.6 Å². The summed E-state index contributed by atoms with van der Waals surface area (Å²) >= 11 is 0. The van der Waals surface area contributed by atoms with Crippen LogP contribution in [-0.4, -0.2) is 24.0 Å². The van der Waals surface area contributed by atoms with E-state index in [2.05, 4.69) is 31.9 Å². The molecule has 0 aliphatic heterocycles. The summed E-state index contributed by atoms with van der Waals surface area (Å²) in [5.74, 6) is 2.59. The van der Waals surface area contributed by atoms with Crippen molar-refractivity contribution in [3.8, 4) is 0 Å². The number of hydrogen-bond acceptors (Lipinski definition) is 3. The highest BCUT2D eigenvalue weighted by Crippen LogP contribution is 2.39. The van der Waals surface area contributed by atoms with E-state index in [9.17, 15) is 0 Å². The van der Waals surface area contributed by atoms with Crippen molar-refractivity contribution >= 4 is 0 Å². The monoisotopic (exact) mass is 278 g/mol. The van der Waals surface area contributed by atoms with Crippen LogP contribution in [0.3, 0.4) is 0 Å². The normalized spacial score (nSPS) is 27.4. The standard InChI is InChI=1S/C17H30N2O/c1-13(2)15-6-5-8-17(10-15,12-18)19(4)11-16-7-9-20-14(16)3/h7,9,13,15H,5-6,8,10-12,18H2,1-4H3. The molecule has 3 heteroatoms. The molecule has 1 saturated carbocycles. The van der Waals surface area contributed by atoms with E-state index in [4.69, 9.17) is 10.2 Å². The highest BCUT2D eigenvalue weighted by atomic mass is 16.3. The lowest BCUT2D eigenvalue weighted by atomic mass is 9.71. The average molecular weight is 278 g/mol. The fraction of sp³-hybridized carbons (Fsp3) is 0.765. The van der Waals surface area contributed by atoms with Crippen molar-refractivity contribution in [3.05, 3.63) is 23.7 Å². The van der Waals surface area contributed by atoms with Gasteiger partial charge in [-0.15, -0.1) is 0 Å². The number of furan rings is 1. The van der Waals surface area contributed by atoms with Gasteiger partial charge in [0.1, 0.15) is 5.76 Å². The van der Waals surface area contributed by atoms with E-state index >= 15 is 0 Å². The van der Waals surface area contributed by atoms with Crippen LogP contribution in [0.5, 0.6) is 0 Å². The molecule has 1 aliphatic rings. The molecule has 0 spiro atoms. The molecule has 2 unspecified atom stereocenters.